The second-order valence-electron chi connectivity index (χ2n) is 8.97. The fourth-order valence-corrected chi connectivity index (χ4v) is 4.45. The van der Waals surface area contributed by atoms with E-state index in [2.05, 4.69) is 27.2 Å². The molecule has 1 aliphatic rings. The van der Waals surface area contributed by atoms with E-state index in [0.29, 0.717) is 17.9 Å². The SMILES string of the molecule is C\C=C/C(=N/C(=C(\C)CC)c1cnc2cc(F)c(Cl)cn12)N1CCC[C@H](C(=O)Nc2cnn(C)c2)C1. The molecule has 1 amide bonds. The first kappa shape index (κ1) is 25.6. The standard InChI is InChI=1S/C26H31ClFN7O/c1-5-8-23(34-10-7-9-18(14-34)26(36)31-19-12-30-33(4)15-19)32-25(17(3)6-2)22-13-29-24-11-21(28)20(27)16-35(22)24/h5,8,11-13,15-16,18H,6-7,9-10,14H2,1-4H3,(H,31,36)/b8-5-,25-17+,32-23-/t18-/m0/s1. The van der Waals surface area contributed by atoms with E-state index >= 15 is 0 Å². The number of amides is 1. The van der Waals surface area contributed by atoms with Crippen LogP contribution in [0.4, 0.5) is 10.1 Å². The third kappa shape index (κ3) is 5.51. The van der Waals surface area contributed by atoms with Gasteiger partial charge >= 0.3 is 0 Å². The molecule has 0 saturated carbocycles. The summed E-state index contributed by atoms with van der Waals surface area (Å²) in [5.74, 6) is 0.0570. The summed E-state index contributed by atoms with van der Waals surface area (Å²) in [5, 5.41) is 7.11. The number of imidazole rings is 1. The topological polar surface area (TPSA) is 79.8 Å². The van der Waals surface area contributed by atoms with E-state index in [-0.39, 0.29) is 16.8 Å². The molecule has 4 rings (SSSR count). The molecule has 190 valence electrons. The molecule has 3 aromatic rings. The van der Waals surface area contributed by atoms with Gasteiger partial charge in [-0.2, -0.15) is 5.10 Å². The number of carbonyl (C=O) groups excluding carboxylic acids is 1. The van der Waals surface area contributed by atoms with Gasteiger partial charge in [0, 0.05) is 38.6 Å². The summed E-state index contributed by atoms with van der Waals surface area (Å²) in [7, 11) is 1.81. The first-order valence-corrected chi connectivity index (χ1v) is 12.5. The lowest BCUT2D eigenvalue weighted by atomic mass is 9.97. The second kappa shape index (κ2) is 11.1. The van der Waals surface area contributed by atoms with Gasteiger partial charge in [-0.05, 0) is 44.8 Å². The average Bonchev–Trinajstić information content (AvgIpc) is 3.47. The van der Waals surface area contributed by atoms with E-state index in [9.17, 15) is 9.18 Å². The Morgan fingerprint density at radius 1 is 1.36 bits per heavy atom. The number of hydrogen-bond donors (Lipinski definition) is 1. The smallest absolute Gasteiger partial charge is 0.229 e. The van der Waals surface area contributed by atoms with Gasteiger partial charge < -0.3 is 10.2 Å². The molecule has 0 bridgehead atoms. The van der Waals surface area contributed by atoms with Crippen molar-refractivity contribution < 1.29 is 9.18 Å². The third-order valence-corrected chi connectivity index (χ3v) is 6.64. The van der Waals surface area contributed by atoms with Crippen LogP contribution < -0.4 is 5.32 Å². The van der Waals surface area contributed by atoms with Crippen LogP contribution in [0.25, 0.3) is 11.3 Å². The molecule has 0 spiro atoms. The van der Waals surface area contributed by atoms with Crippen LogP contribution >= 0.6 is 11.6 Å². The number of nitrogens with zero attached hydrogens (tertiary/aromatic N) is 6. The van der Waals surface area contributed by atoms with Crippen LogP contribution in [-0.2, 0) is 11.8 Å². The van der Waals surface area contributed by atoms with E-state index in [4.69, 9.17) is 16.6 Å². The summed E-state index contributed by atoms with van der Waals surface area (Å²) >= 11 is 6.08. The number of amidine groups is 1. The Bertz CT molecular complexity index is 1350. The van der Waals surface area contributed by atoms with Crippen LogP contribution in [0, 0.1) is 11.7 Å². The summed E-state index contributed by atoms with van der Waals surface area (Å²) in [5.41, 5.74) is 3.69. The molecule has 1 N–H and O–H groups in total. The number of nitrogens with one attached hydrogen (secondary N) is 1. The number of anilines is 1. The first-order chi connectivity index (χ1) is 17.3. The summed E-state index contributed by atoms with van der Waals surface area (Å²) in [6.07, 6.45) is 13.0. The highest BCUT2D eigenvalue weighted by Gasteiger charge is 2.28. The fraction of sp³-hybridized carbons (Fsp3) is 0.385. The van der Waals surface area contributed by atoms with Crippen molar-refractivity contribution in [2.75, 3.05) is 18.4 Å². The molecule has 1 atom stereocenters. The van der Waals surface area contributed by atoms with Crippen molar-refractivity contribution in [1.82, 2.24) is 24.1 Å². The first-order valence-electron chi connectivity index (χ1n) is 12.1. The Morgan fingerprint density at radius 2 is 2.17 bits per heavy atom. The van der Waals surface area contributed by atoms with E-state index in [1.807, 2.05) is 33.0 Å². The molecular weight excluding hydrogens is 481 g/mol. The molecule has 1 aliphatic heterocycles. The molecule has 0 aliphatic carbocycles. The molecule has 1 fully saturated rings. The number of fused-ring (bicyclic) bond motifs is 1. The van der Waals surface area contributed by atoms with E-state index in [1.54, 1.807) is 27.7 Å². The van der Waals surface area contributed by atoms with Gasteiger partial charge in [0.25, 0.3) is 0 Å². The molecule has 1 saturated heterocycles. The number of carbonyl (C=O) groups is 1. The lowest BCUT2D eigenvalue weighted by Gasteiger charge is -2.33. The van der Waals surface area contributed by atoms with Gasteiger partial charge in [0.1, 0.15) is 17.3 Å². The van der Waals surface area contributed by atoms with Crippen LogP contribution in [0.5, 0.6) is 0 Å². The molecule has 0 radical (unpaired) electrons. The zero-order chi connectivity index (χ0) is 25.8. The normalized spacial score (nSPS) is 17.7. The highest BCUT2D eigenvalue weighted by molar-refractivity contribution is 6.30. The molecule has 0 unspecified atom stereocenters. The molecule has 36 heavy (non-hydrogen) atoms. The number of halogens is 2. The van der Waals surface area contributed by atoms with Gasteiger partial charge in [-0.3, -0.25) is 13.9 Å². The van der Waals surface area contributed by atoms with Gasteiger partial charge in [0.15, 0.2) is 0 Å². The summed E-state index contributed by atoms with van der Waals surface area (Å²) in [6, 6.07) is 1.32. The second-order valence-corrected chi connectivity index (χ2v) is 9.38. The number of allylic oxidation sites excluding steroid dienone is 2. The third-order valence-electron chi connectivity index (χ3n) is 6.36. The summed E-state index contributed by atoms with van der Waals surface area (Å²) in [6.45, 7) is 7.38. The van der Waals surface area contributed by atoms with Gasteiger partial charge in [-0.1, -0.05) is 24.6 Å². The molecule has 4 heterocycles. The van der Waals surface area contributed by atoms with E-state index < -0.39 is 5.82 Å². The lowest BCUT2D eigenvalue weighted by Crippen LogP contribution is -2.43. The highest BCUT2D eigenvalue weighted by Crippen LogP contribution is 2.27. The Hall–Kier alpha value is -3.46. The van der Waals surface area contributed by atoms with Gasteiger partial charge in [0.2, 0.25) is 5.91 Å². The maximum atomic E-state index is 14.0. The Labute approximate surface area is 215 Å². The van der Waals surface area contributed by atoms with Crippen LogP contribution in [-0.4, -0.2) is 48.9 Å². The number of aliphatic imine (C=N–C) groups is 1. The largest absolute Gasteiger partial charge is 0.356 e. The van der Waals surface area contributed by atoms with E-state index in [0.717, 1.165) is 48.6 Å². The van der Waals surface area contributed by atoms with Crippen molar-refractivity contribution in [2.45, 2.75) is 40.0 Å². The monoisotopic (exact) mass is 511 g/mol. The number of aromatic nitrogens is 4. The molecule has 10 heteroatoms. The minimum atomic E-state index is -0.513. The minimum Gasteiger partial charge on any atom is -0.356 e. The van der Waals surface area contributed by atoms with Gasteiger partial charge in [-0.25, -0.2) is 14.4 Å². The zero-order valence-electron chi connectivity index (χ0n) is 21.0. The predicted molar refractivity (Wildman–Crippen MR) is 141 cm³/mol. The average molecular weight is 512 g/mol. The van der Waals surface area contributed by atoms with Crippen LogP contribution in [0.1, 0.15) is 45.7 Å². The molecule has 0 aromatic carbocycles. The Morgan fingerprint density at radius 3 is 2.86 bits per heavy atom. The number of aryl methyl sites for hydroxylation is 1. The van der Waals surface area contributed by atoms with Crippen LogP contribution in [0.15, 0.2) is 53.6 Å². The van der Waals surface area contributed by atoms with Crippen molar-refractivity contribution >= 4 is 40.4 Å². The lowest BCUT2D eigenvalue weighted by molar-refractivity contribution is -0.121. The van der Waals surface area contributed by atoms with Crippen molar-refractivity contribution in [2.24, 2.45) is 18.0 Å². The number of pyridine rings is 1. The Balaban J connectivity index is 1.66. The zero-order valence-corrected chi connectivity index (χ0v) is 21.8. The minimum absolute atomic E-state index is 0.0198. The van der Waals surface area contributed by atoms with Crippen molar-refractivity contribution in [3.8, 4) is 0 Å². The van der Waals surface area contributed by atoms with Crippen molar-refractivity contribution in [3.63, 3.8) is 0 Å². The summed E-state index contributed by atoms with van der Waals surface area (Å²) < 4.78 is 17.4. The Kier molecular flexibility index (Phi) is 7.88. The van der Waals surface area contributed by atoms with Gasteiger partial charge in [0.05, 0.1) is 40.4 Å². The van der Waals surface area contributed by atoms with Gasteiger partial charge in [-0.15, -0.1) is 0 Å². The maximum Gasteiger partial charge on any atom is 0.229 e. The van der Waals surface area contributed by atoms with Crippen LogP contribution in [0.3, 0.4) is 0 Å². The predicted octanol–water partition coefficient (Wildman–Crippen LogP) is 5.33. The number of hydrogen-bond acceptors (Lipinski definition) is 4. The van der Waals surface area contributed by atoms with Crippen molar-refractivity contribution in [1.29, 1.82) is 0 Å². The fourth-order valence-electron chi connectivity index (χ4n) is 4.30. The molecule has 8 nitrogen and oxygen atoms in total. The maximum absolute atomic E-state index is 14.0. The van der Waals surface area contributed by atoms with Crippen molar-refractivity contribution in [3.05, 3.63) is 65.1 Å². The molecular formula is C26H31ClFN7O. The highest BCUT2D eigenvalue weighted by atomic mass is 35.5. The molecule has 3 aromatic heterocycles. The van der Waals surface area contributed by atoms with Crippen LogP contribution in [0.2, 0.25) is 5.02 Å². The van der Waals surface area contributed by atoms with E-state index in [1.165, 1.54) is 12.3 Å². The quantitative estimate of drug-likeness (QED) is 0.358. The number of rotatable bonds is 6. The summed E-state index contributed by atoms with van der Waals surface area (Å²) in [4.78, 5) is 24.6. The number of likely N-dealkylation sites (tertiary alicyclic amines) is 1. The number of piperidine rings is 1.